The Labute approximate surface area is 181 Å². The van der Waals surface area contributed by atoms with Crippen LogP contribution in [0.15, 0.2) is 54.6 Å². The number of ether oxygens (including phenoxy) is 1. The minimum Gasteiger partial charge on any atom is -0.378 e. The lowest BCUT2D eigenvalue weighted by Gasteiger charge is -2.12. The Morgan fingerprint density at radius 2 is 1.94 bits per heavy atom. The number of nitrogens with one attached hydrogen (secondary N) is 2. The van der Waals surface area contributed by atoms with Gasteiger partial charge in [0.05, 0.1) is 24.3 Å². The highest BCUT2D eigenvalue weighted by molar-refractivity contribution is 6.04. The number of anilines is 2. The van der Waals surface area contributed by atoms with Crippen molar-refractivity contribution in [3.63, 3.8) is 0 Å². The minimum absolute atomic E-state index is 0.00559. The number of hydrogen-bond donors (Lipinski definition) is 2. The molecule has 4 rings (SSSR count). The van der Waals surface area contributed by atoms with E-state index in [1.54, 1.807) is 0 Å². The van der Waals surface area contributed by atoms with Gasteiger partial charge in [-0.25, -0.2) is 4.68 Å². The molecular weight excluding hydrogens is 425 g/mol. The fraction of sp³-hybridized carbons (Fsp3) is 0.227. The van der Waals surface area contributed by atoms with Crippen LogP contribution in [0.1, 0.15) is 23.7 Å². The standard InChI is InChI=1S/C22H19F3N4O3/c1-32-12-16-19(13-6-3-2-4-7-13)20-27-21(31)17(29(20)28-16)11-18(30)26-15-9-5-8-14(10-15)22(23,24)25/h2-10,17H,11-12H2,1H3,(H,26,30)(H,27,31). The van der Waals surface area contributed by atoms with Crippen LogP contribution < -0.4 is 10.6 Å². The summed E-state index contributed by atoms with van der Waals surface area (Å²) in [7, 11) is 1.53. The summed E-state index contributed by atoms with van der Waals surface area (Å²) in [5.74, 6) is -0.583. The van der Waals surface area contributed by atoms with Crippen LogP contribution in [0.3, 0.4) is 0 Å². The number of amides is 2. The predicted octanol–water partition coefficient (Wildman–Crippen LogP) is 4.24. The van der Waals surface area contributed by atoms with Crippen molar-refractivity contribution in [3.05, 3.63) is 65.9 Å². The zero-order valence-electron chi connectivity index (χ0n) is 16.9. The quantitative estimate of drug-likeness (QED) is 0.596. The molecule has 1 aliphatic rings. The Hall–Kier alpha value is -3.66. The summed E-state index contributed by atoms with van der Waals surface area (Å²) in [6.45, 7) is 0.198. The van der Waals surface area contributed by atoms with E-state index in [2.05, 4.69) is 15.7 Å². The Morgan fingerprint density at radius 3 is 2.62 bits per heavy atom. The highest BCUT2D eigenvalue weighted by Gasteiger charge is 2.37. The fourth-order valence-electron chi connectivity index (χ4n) is 3.62. The van der Waals surface area contributed by atoms with E-state index in [4.69, 9.17) is 4.74 Å². The van der Waals surface area contributed by atoms with Gasteiger partial charge in [-0.05, 0) is 23.8 Å². The Bertz CT molecular complexity index is 1160. The summed E-state index contributed by atoms with van der Waals surface area (Å²) in [6, 6.07) is 12.7. The molecule has 0 bridgehead atoms. The second-order valence-electron chi connectivity index (χ2n) is 7.25. The van der Waals surface area contributed by atoms with Gasteiger partial charge in [-0.15, -0.1) is 0 Å². The molecule has 0 fully saturated rings. The summed E-state index contributed by atoms with van der Waals surface area (Å²) in [5.41, 5.74) is 1.24. The maximum atomic E-state index is 12.9. The SMILES string of the molecule is COCc1nn2c(c1-c1ccccc1)NC(=O)C2CC(=O)Nc1cccc(C(F)(F)F)c1. The third-order valence-electron chi connectivity index (χ3n) is 5.02. The van der Waals surface area contributed by atoms with Gasteiger partial charge in [0.2, 0.25) is 5.91 Å². The van der Waals surface area contributed by atoms with E-state index < -0.39 is 29.6 Å². The monoisotopic (exact) mass is 444 g/mol. The molecule has 0 saturated carbocycles. The van der Waals surface area contributed by atoms with E-state index in [1.165, 1.54) is 23.9 Å². The second-order valence-corrected chi connectivity index (χ2v) is 7.25. The van der Waals surface area contributed by atoms with Crippen molar-refractivity contribution in [2.24, 2.45) is 0 Å². The molecule has 166 valence electrons. The lowest BCUT2D eigenvalue weighted by molar-refractivity contribution is -0.137. The van der Waals surface area contributed by atoms with Crippen molar-refractivity contribution in [2.45, 2.75) is 25.2 Å². The van der Waals surface area contributed by atoms with Crippen LogP contribution in [-0.2, 0) is 27.1 Å². The predicted molar refractivity (Wildman–Crippen MR) is 111 cm³/mol. The Kier molecular flexibility index (Phi) is 5.70. The zero-order chi connectivity index (χ0) is 22.9. The van der Waals surface area contributed by atoms with Crippen LogP contribution in [0.5, 0.6) is 0 Å². The van der Waals surface area contributed by atoms with Gasteiger partial charge in [0.15, 0.2) is 0 Å². The first kappa shape index (κ1) is 21.6. The minimum atomic E-state index is -4.53. The van der Waals surface area contributed by atoms with Crippen molar-refractivity contribution in [3.8, 4) is 11.1 Å². The molecule has 32 heavy (non-hydrogen) atoms. The van der Waals surface area contributed by atoms with E-state index in [-0.39, 0.29) is 18.7 Å². The van der Waals surface area contributed by atoms with Crippen LogP contribution in [0.4, 0.5) is 24.7 Å². The summed E-state index contributed by atoms with van der Waals surface area (Å²) in [5, 5.41) is 9.67. The molecule has 1 unspecified atom stereocenters. The number of alkyl halides is 3. The van der Waals surface area contributed by atoms with E-state index in [0.717, 1.165) is 17.7 Å². The van der Waals surface area contributed by atoms with Crippen molar-refractivity contribution < 1.29 is 27.5 Å². The van der Waals surface area contributed by atoms with Crippen molar-refractivity contribution in [2.75, 3.05) is 17.7 Å². The average molecular weight is 444 g/mol. The molecule has 2 amide bonds. The summed E-state index contributed by atoms with van der Waals surface area (Å²) < 4.78 is 45.4. The first-order valence-electron chi connectivity index (χ1n) is 9.71. The smallest absolute Gasteiger partial charge is 0.378 e. The molecule has 0 aliphatic carbocycles. The van der Waals surface area contributed by atoms with Gasteiger partial charge in [-0.3, -0.25) is 9.59 Å². The maximum absolute atomic E-state index is 12.9. The molecule has 10 heteroatoms. The van der Waals surface area contributed by atoms with Gasteiger partial charge in [0.1, 0.15) is 11.9 Å². The Balaban J connectivity index is 1.58. The number of fused-ring (bicyclic) bond motifs is 1. The van der Waals surface area contributed by atoms with E-state index >= 15 is 0 Å². The summed E-state index contributed by atoms with van der Waals surface area (Å²) in [6.07, 6.45) is -4.82. The molecule has 1 aromatic heterocycles. The van der Waals surface area contributed by atoms with Crippen molar-refractivity contribution >= 4 is 23.3 Å². The first-order chi connectivity index (χ1) is 15.3. The molecule has 1 atom stereocenters. The lowest BCUT2D eigenvalue weighted by atomic mass is 10.1. The molecule has 2 heterocycles. The molecule has 0 saturated heterocycles. The van der Waals surface area contributed by atoms with E-state index in [9.17, 15) is 22.8 Å². The van der Waals surface area contributed by atoms with Gasteiger partial charge in [-0.1, -0.05) is 36.4 Å². The summed E-state index contributed by atoms with van der Waals surface area (Å²) in [4.78, 5) is 25.1. The van der Waals surface area contributed by atoms with E-state index in [1.807, 2.05) is 30.3 Å². The van der Waals surface area contributed by atoms with Crippen LogP contribution >= 0.6 is 0 Å². The third kappa shape index (κ3) is 4.22. The zero-order valence-corrected chi connectivity index (χ0v) is 16.9. The molecule has 3 aromatic rings. The highest BCUT2D eigenvalue weighted by Crippen LogP contribution is 2.39. The largest absolute Gasteiger partial charge is 0.416 e. The van der Waals surface area contributed by atoms with Crippen molar-refractivity contribution in [1.82, 2.24) is 9.78 Å². The second kappa shape index (κ2) is 8.46. The van der Waals surface area contributed by atoms with Crippen LogP contribution in [0, 0.1) is 0 Å². The number of carbonyl (C=O) groups is 2. The average Bonchev–Trinajstić information content (AvgIpc) is 3.23. The van der Waals surface area contributed by atoms with Gasteiger partial charge in [0, 0.05) is 18.4 Å². The lowest BCUT2D eigenvalue weighted by Crippen LogP contribution is -2.24. The van der Waals surface area contributed by atoms with Crippen LogP contribution in [0.25, 0.3) is 11.1 Å². The molecule has 1 aliphatic heterocycles. The first-order valence-corrected chi connectivity index (χ1v) is 9.71. The summed E-state index contributed by atoms with van der Waals surface area (Å²) >= 11 is 0. The van der Waals surface area contributed by atoms with E-state index in [0.29, 0.717) is 17.1 Å². The topological polar surface area (TPSA) is 85.2 Å². The number of rotatable bonds is 6. The molecule has 2 N–H and O–H groups in total. The Morgan fingerprint density at radius 1 is 1.19 bits per heavy atom. The van der Waals surface area contributed by atoms with Crippen molar-refractivity contribution in [1.29, 1.82) is 0 Å². The third-order valence-corrected chi connectivity index (χ3v) is 5.02. The number of methoxy groups -OCH3 is 1. The number of nitrogens with zero attached hydrogens (tertiary/aromatic N) is 2. The van der Waals surface area contributed by atoms with Gasteiger partial charge >= 0.3 is 6.18 Å². The number of hydrogen-bond acceptors (Lipinski definition) is 4. The van der Waals surface area contributed by atoms with Crippen LogP contribution in [0.2, 0.25) is 0 Å². The number of carbonyl (C=O) groups excluding carboxylic acids is 2. The number of halogens is 3. The normalized spacial score (nSPS) is 15.4. The highest BCUT2D eigenvalue weighted by atomic mass is 19.4. The molecule has 2 aromatic carbocycles. The maximum Gasteiger partial charge on any atom is 0.416 e. The number of benzene rings is 2. The number of aromatic nitrogens is 2. The van der Waals surface area contributed by atoms with Gasteiger partial charge in [-0.2, -0.15) is 18.3 Å². The van der Waals surface area contributed by atoms with Gasteiger partial charge in [0.25, 0.3) is 5.91 Å². The molecule has 0 spiro atoms. The fourth-order valence-corrected chi connectivity index (χ4v) is 3.62. The molecule has 7 nitrogen and oxygen atoms in total. The van der Waals surface area contributed by atoms with Gasteiger partial charge < -0.3 is 15.4 Å². The molecular formula is C22H19F3N4O3. The van der Waals surface area contributed by atoms with Crippen LogP contribution in [-0.4, -0.2) is 28.7 Å². The molecule has 0 radical (unpaired) electrons.